The van der Waals surface area contributed by atoms with Gasteiger partial charge < -0.3 is 9.30 Å². The van der Waals surface area contributed by atoms with Gasteiger partial charge in [0.2, 0.25) is 0 Å². The van der Waals surface area contributed by atoms with Crippen molar-refractivity contribution in [2.45, 2.75) is 83.3 Å². The number of unbranched alkanes of at least 4 members (excludes halogenated alkanes) is 2. The van der Waals surface area contributed by atoms with Crippen molar-refractivity contribution in [1.29, 1.82) is 5.26 Å². The molecule has 0 saturated carbocycles. The van der Waals surface area contributed by atoms with Gasteiger partial charge in [0, 0.05) is 38.2 Å². The Morgan fingerprint density at radius 1 is 1.00 bits per heavy atom. The van der Waals surface area contributed by atoms with Crippen LogP contribution in [-0.2, 0) is 36.1 Å². The SMILES string of the molecule is CCCCCc1nc(-c2cccc(C3(C#N)Cc4ccccc4C3)c2)c2ccn(COCC[Si](C)(C)C)c2n1. The molecule has 0 amide bonds. The number of benzene rings is 2. The molecule has 5 rings (SSSR count). The van der Waals surface area contributed by atoms with Crippen LogP contribution in [0.5, 0.6) is 0 Å². The Balaban J connectivity index is 1.50. The van der Waals surface area contributed by atoms with Crippen LogP contribution >= 0.6 is 0 Å². The van der Waals surface area contributed by atoms with Crippen LogP contribution < -0.4 is 0 Å². The van der Waals surface area contributed by atoms with E-state index >= 15 is 0 Å². The Morgan fingerprint density at radius 2 is 1.77 bits per heavy atom. The first-order chi connectivity index (χ1) is 18.8. The molecule has 0 atom stereocenters. The minimum atomic E-state index is -1.14. The zero-order chi connectivity index (χ0) is 27.5. The van der Waals surface area contributed by atoms with Crippen LogP contribution in [0, 0.1) is 11.3 Å². The highest BCUT2D eigenvalue weighted by Crippen LogP contribution is 2.41. The first-order valence-electron chi connectivity index (χ1n) is 14.3. The number of fused-ring (bicyclic) bond motifs is 2. The van der Waals surface area contributed by atoms with Crippen molar-refractivity contribution in [2.24, 2.45) is 0 Å². The molecule has 0 fully saturated rings. The molecule has 0 bridgehead atoms. The lowest BCUT2D eigenvalue weighted by molar-refractivity contribution is 0.0898. The van der Waals surface area contributed by atoms with Crippen LogP contribution in [0.2, 0.25) is 25.7 Å². The van der Waals surface area contributed by atoms with E-state index in [0.29, 0.717) is 6.73 Å². The lowest BCUT2D eigenvalue weighted by Crippen LogP contribution is -2.24. The number of rotatable bonds is 11. The molecule has 0 unspecified atom stereocenters. The first-order valence-corrected chi connectivity index (χ1v) is 18.0. The van der Waals surface area contributed by atoms with E-state index in [2.05, 4.69) is 98.0 Å². The predicted octanol–water partition coefficient (Wildman–Crippen LogP) is 7.70. The van der Waals surface area contributed by atoms with Gasteiger partial charge in [-0.3, -0.25) is 0 Å². The minimum Gasteiger partial charge on any atom is -0.361 e. The third kappa shape index (κ3) is 6.00. The van der Waals surface area contributed by atoms with Gasteiger partial charge in [0.05, 0.1) is 17.2 Å². The number of hydrogen-bond acceptors (Lipinski definition) is 4. The molecule has 6 heteroatoms. The third-order valence-electron chi connectivity index (χ3n) is 7.90. The fraction of sp³-hybridized carbons (Fsp3) is 0.424. The van der Waals surface area contributed by atoms with Crippen molar-refractivity contribution >= 4 is 19.1 Å². The number of nitrogens with zero attached hydrogens (tertiary/aromatic N) is 4. The number of hydrogen-bond donors (Lipinski definition) is 0. The summed E-state index contributed by atoms with van der Waals surface area (Å²) in [6.45, 7) is 10.6. The molecule has 2 aromatic heterocycles. The molecule has 0 N–H and O–H groups in total. The summed E-state index contributed by atoms with van der Waals surface area (Å²) in [5.41, 5.74) is 5.97. The second-order valence-corrected chi connectivity index (χ2v) is 17.8. The molecule has 0 aliphatic heterocycles. The largest absolute Gasteiger partial charge is 0.361 e. The molecule has 1 aliphatic carbocycles. The Hall–Kier alpha value is -3.27. The standard InChI is InChI=1S/C33H40N4OSi/c1-5-6-7-15-30-35-31(29-16-17-37(32(29)36-30)24-38-18-19-39(2,3)4)25-13-10-14-28(20-25)33(23-34)21-26-11-8-9-12-27(26)22-33/h8-14,16-17,20H,5-7,15,18-19,21-22,24H2,1-4H3. The zero-order valence-electron chi connectivity index (χ0n) is 23.8. The fourth-order valence-electron chi connectivity index (χ4n) is 5.55. The highest BCUT2D eigenvalue weighted by molar-refractivity contribution is 6.76. The molecule has 1 aliphatic rings. The van der Waals surface area contributed by atoms with Crippen LogP contribution in [-0.4, -0.2) is 29.2 Å². The van der Waals surface area contributed by atoms with Crippen LogP contribution in [0.1, 0.15) is 48.7 Å². The van der Waals surface area contributed by atoms with Crippen LogP contribution in [0.3, 0.4) is 0 Å². The van der Waals surface area contributed by atoms with Gasteiger partial charge in [0.1, 0.15) is 18.2 Å². The van der Waals surface area contributed by atoms with E-state index < -0.39 is 13.5 Å². The van der Waals surface area contributed by atoms with E-state index in [4.69, 9.17) is 14.7 Å². The van der Waals surface area contributed by atoms with Gasteiger partial charge in [-0.2, -0.15) is 5.26 Å². The van der Waals surface area contributed by atoms with Crippen molar-refractivity contribution in [2.75, 3.05) is 6.61 Å². The molecule has 202 valence electrons. The summed E-state index contributed by atoms with van der Waals surface area (Å²) in [5, 5.41) is 11.4. The van der Waals surface area contributed by atoms with Crippen molar-refractivity contribution in [3.8, 4) is 17.3 Å². The average molecular weight is 537 g/mol. The maximum Gasteiger partial charge on any atom is 0.146 e. The molecule has 0 saturated heterocycles. The Labute approximate surface area is 233 Å². The van der Waals surface area contributed by atoms with Gasteiger partial charge in [-0.05, 0) is 54.1 Å². The Morgan fingerprint density at radius 3 is 2.46 bits per heavy atom. The van der Waals surface area contributed by atoms with Gasteiger partial charge in [0.25, 0.3) is 0 Å². The Kier molecular flexibility index (Phi) is 8.02. The topological polar surface area (TPSA) is 63.7 Å². The summed E-state index contributed by atoms with van der Waals surface area (Å²) in [5.74, 6) is 0.877. The maximum absolute atomic E-state index is 10.4. The second kappa shape index (κ2) is 11.5. The molecule has 4 aromatic rings. The van der Waals surface area contributed by atoms with Gasteiger partial charge in [-0.15, -0.1) is 0 Å². The van der Waals surface area contributed by atoms with E-state index in [0.717, 1.165) is 84.9 Å². The van der Waals surface area contributed by atoms with Gasteiger partial charge >= 0.3 is 0 Å². The van der Waals surface area contributed by atoms with Crippen LogP contribution in [0.25, 0.3) is 22.3 Å². The summed E-state index contributed by atoms with van der Waals surface area (Å²) >= 11 is 0. The zero-order valence-corrected chi connectivity index (χ0v) is 24.8. The van der Waals surface area contributed by atoms with Crippen molar-refractivity contribution in [3.63, 3.8) is 0 Å². The normalized spacial score (nSPS) is 14.4. The van der Waals surface area contributed by atoms with Gasteiger partial charge in [-0.1, -0.05) is 81.9 Å². The minimum absolute atomic E-state index is 0.495. The van der Waals surface area contributed by atoms with Gasteiger partial charge in [0.15, 0.2) is 0 Å². The van der Waals surface area contributed by atoms with Crippen molar-refractivity contribution in [1.82, 2.24) is 14.5 Å². The van der Waals surface area contributed by atoms with E-state index in [1.54, 1.807) is 0 Å². The lowest BCUT2D eigenvalue weighted by atomic mass is 9.78. The summed E-state index contributed by atoms with van der Waals surface area (Å²) in [4.78, 5) is 10.1. The van der Waals surface area contributed by atoms with E-state index in [9.17, 15) is 5.26 Å². The number of nitriles is 1. The monoisotopic (exact) mass is 536 g/mol. The second-order valence-electron chi connectivity index (χ2n) is 12.2. The van der Waals surface area contributed by atoms with Crippen molar-refractivity contribution in [3.05, 3.63) is 83.3 Å². The smallest absolute Gasteiger partial charge is 0.146 e. The summed E-state index contributed by atoms with van der Waals surface area (Å²) in [7, 11) is -1.14. The highest BCUT2D eigenvalue weighted by Gasteiger charge is 2.39. The first kappa shape index (κ1) is 27.3. The predicted molar refractivity (Wildman–Crippen MR) is 161 cm³/mol. The number of aryl methyl sites for hydroxylation is 1. The summed E-state index contributed by atoms with van der Waals surface area (Å²) in [6.07, 6.45) is 7.82. The molecule has 2 aromatic carbocycles. The molecule has 0 spiro atoms. The van der Waals surface area contributed by atoms with E-state index in [1.165, 1.54) is 11.1 Å². The van der Waals surface area contributed by atoms with Crippen molar-refractivity contribution < 1.29 is 4.74 Å². The number of aromatic nitrogens is 3. The molecular formula is C33H40N4OSi. The molecule has 5 nitrogen and oxygen atoms in total. The molecule has 0 radical (unpaired) electrons. The average Bonchev–Trinajstić information content (AvgIpc) is 3.52. The van der Waals surface area contributed by atoms with E-state index in [1.807, 2.05) is 0 Å². The fourth-order valence-corrected chi connectivity index (χ4v) is 6.30. The molecule has 2 heterocycles. The highest BCUT2D eigenvalue weighted by atomic mass is 28.3. The maximum atomic E-state index is 10.4. The molecule has 39 heavy (non-hydrogen) atoms. The lowest BCUT2D eigenvalue weighted by Gasteiger charge is -2.22. The van der Waals surface area contributed by atoms with E-state index in [-0.39, 0.29) is 0 Å². The van der Waals surface area contributed by atoms with Crippen LogP contribution in [0.15, 0.2) is 60.8 Å². The Bertz CT molecular complexity index is 1470. The quantitative estimate of drug-likeness (QED) is 0.145. The summed E-state index contributed by atoms with van der Waals surface area (Å²) < 4.78 is 8.21. The van der Waals surface area contributed by atoms with Crippen LogP contribution in [0.4, 0.5) is 0 Å². The van der Waals surface area contributed by atoms with Gasteiger partial charge in [-0.25, -0.2) is 9.97 Å². The molecular weight excluding hydrogens is 496 g/mol. The summed E-state index contributed by atoms with van der Waals surface area (Å²) in [6, 6.07) is 22.9. The third-order valence-corrected chi connectivity index (χ3v) is 9.61. The number of ether oxygens (including phenoxy) is 1.